The van der Waals surface area contributed by atoms with Crippen LogP contribution in [0.1, 0.15) is 33.1 Å². The predicted octanol–water partition coefficient (Wildman–Crippen LogP) is 0.792. The van der Waals surface area contributed by atoms with E-state index in [0.29, 0.717) is 6.42 Å². The van der Waals surface area contributed by atoms with Gasteiger partial charge in [-0.2, -0.15) is 0 Å². The molecule has 1 aliphatic rings. The fourth-order valence-corrected chi connectivity index (χ4v) is 2.28. The van der Waals surface area contributed by atoms with Crippen LogP contribution in [0.3, 0.4) is 0 Å². The molecule has 0 aromatic rings. The first-order chi connectivity index (χ1) is 7.99. The van der Waals surface area contributed by atoms with E-state index < -0.39 is 12.0 Å². The fraction of sp³-hybridized carbons (Fsp3) is 0.833. The number of amides is 1. The number of likely N-dealkylation sites (tertiary alicyclic amines) is 1. The summed E-state index contributed by atoms with van der Waals surface area (Å²) in [7, 11) is 1.71. The number of carboxylic acids is 1. The molecule has 5 nitrogen and oxygen atoms in total. The Morgan fingerprint density at radius 1 is 1.35 bits per heavy atom. The second kappa shape index (κ2) is 6.00. The van der Waals surface area contributed by atoms with Crippen LogP contribution in [0.5, 0.6) is 0 Å². The van der Waals surface area contributed by atoms with Gasteiger partial charge in [-0.3, -0.25) is 14.5 Å². The number of carboxylic acid groups (broad SMARTS) is 1. The first-order valence-electron chi connectivity index (χ1n) is 6.22. The molecule has 1 saturated heterocycles. The Kier molecular flexibility index (Phi) is 4.93. The molecule has 0 aliphatic carbocycles. The SMILES string of the molecule is CCC(C(=O)O)N(C)C(C)C(=O)N1CCCC1. The maximum absolute atomic E-state index is 12.1. The molecule has 0 spiro atoms. The zero-order valence-electron chi connectivity index (χ0n) is 10.8. The van der Waals surface area contributed by atoms with Gasteiger partial charge in [0.1, 0.15) is 6.04 Å². The zero-order valence-corrected chi connectivity index (χ0v) is 10.8. The molecule has 1 amide bonds. The molecule has 1 fully saturated rings. The number of hydrogen-bond acceptors (Lipinski definition) is 3. The maximum atomic E-state index is 12.1. The van der Waals surface area contributed by atoms with Crippen molar-refractivity contribution in [2.75, 3.05) is 20.1 Å². The van der Waals surface area contributed by atoms with Crippen molar-refractivity contribution in [3.8, 4) is 0 Å². The smallest absolute Gasteiger partial charge is 0.320 e. The first kappa shape index (κ1) is 14.0. The monoisotopic (exact) mass is 242 g/mol. The van der Waals surface area contributed by atoms with Crippen molar-refractivity contribution in [2.24, 2.45) is 0 Å². The van der Waals surface area contributed by atoms with Gasteiger partial charge in [-0.15, -0.1) is 0 Å². The number of carbonyl (C=O) groups excluding carboxylic acids is 1. The van der Waals surface area contributed by atoms with Crippen LogP contribution >= 0.6 is 0 Å². The minimum atomic E-state index is -0.865. The molecule has 0 bridgehead atoms. The lowest BCUT2D eigenvalue weighted by Crippen LogP contribution is -2.50. The molecule has 0 radical (unpaired) electrons. The number of nitrogens with zero attached hydrogens (tertiary/aromatic N) is 2. The molecule has 98 valence electrons. The van der Waals surface area contributed by atoms with E-state index in [9.17, 15) is 9.59 Å². The van der Waals surface area contributed by atoms with Crippen LogP contribution in [0.2, 0.25) is 0 Å². The number of hydrogen-bond donors (Lipinski definition) is 1. The molecule has 1 N–H and O–H groups in total. The van der Waals surface area contributed by atoms with Gasteiger partial charge >= 0.3 is 5.97 Å². The lowest BCUT2D eigenvalue weighted by Gasteiger charge is -2.31. The minimum Gasteiger partial charge on any atom is -0.480 e. The molecule has 1 rings (SSSR count). The second-order valence-electron chi connectivity index (χ2n) is 4.64. The number of likely N-dealkylation sites (N-methyl/N-ethyl adjacent to an activating group) is 1. The van der Waals surface area contributed by atoms with Crippen molar-refractivity contribution in [3.63, 3.8) is 0 Å². The minimum absolute atomic E-state index is 0.0460. The van der Waals surface area contributed by atoms with Gasteiger partial charge < -0.3 is 10.0 Å². The van der Waals surface area contributed by atoms with Gasteiger partial charge in [-0.1, -0.05) is 6.92 Å². The van der Waals surface area contributed by atoms with E-state index in [4.69, 9.17) is 5.11 Å². The van der Waals surface area contributed by atoms with Gasteiger partial charge in [0, 0.05) is 13.1 Å². The highest BCUT2D eigenvalue weighted by atomic mass is 16.4. The Balaban J connectivity index is 2.63. The molecule has 0 aromatic carbocycles. The van der Waals surface area contributed by atoms with Crippen LogP contribution in [-0.2, 0) is 9.59 Å². The van der Waals surface area contributed by atoms with Crippen molar-refractivity contribution < 1.29 is 14.7 Å². The van der Waals surface area contributed by atoms with E-state index in [1.54, 1.807) is 18.9 Å². The molecule has 2 atom stereocenters. The normalized spacial score (nSPS) is 19.4. The highest BCUT2D eigenvalue weighted by Gasteiger charge is 2.31. The summed E-state index contributed by atoms with van der Waals surface area (Å²) >= 11 is 0. The lowest BCUT2D eigenvalue weighted by atomic mass is 10.1. The summed E-state index contributed by atoms with van der Waals surface area (Å²) in [5.74, 6) is -0.819. The number of aliphatic carboxylic acids is 1. The Bertz CT molecular complexity index is 287. The number of rotatable bonds is 5. The number of carbonyl (C=O) groups is 2. The van der Waals surface area contributed by atoms with E-state index in [1.807, 2.05) is 11.8 Å². The summed E-state index contributed by atoms with van der Waals surface area (Å²) in [4.78, 5) is 26.7. The van der Waals surface area contributed by atoms with Gasteiger partial charge in [0.15, 0.2) is 0 Å². The predicted molar refractivity (Wildman–Crippen MR) is 64.8 cm³/mol. The average Bonchev–Trinajstić information content (AvgIpc) is 2.80. The maximum Gasteiger partial charge on any atom is 0.320 e. The van der Waals surface area contributed by atoms with Crippen LogP contribution in [0.15, 0.2) is 0 Å². The van der Waals surface area contributed by atoms with Gasteiger partial charge in [0.05, 0.1) is 6.04 Å². The van der Waals surface area contributed by atoms with Gasteiger partial charge in [-0.25, -0.2) is 0 Å². The van der Waals surface area contributed by atoms with E-state index >= 15 is 0 Å². The summed E-state index contributed by atoms with van der Waals surface area (Å²) in [6.45, 7) is 5.22. The van der Waals surface area contributed by atoms with E-state index in [0.717, 1.165) is 25.9 Å². The summed E-state index contributed by atoms with van der Waals surface area (Å²) < 4.78 is 0. The van der Waals surface area contributed by atoms with E-state index in [1.165, 1.54) is 0 Å². The first-order valence-corrected chi connectivity index (χ1v) is 6.22. The summed E-state index contributed by atoms with van der Waals surface area (Å²) in [6, 6.07) is -0.953. The topological polar surface area (TPSA) is 60.9 Å². The molecule has 1 heterocycles. The second-order valence-corrected chi connectivity index (χ2v) is 4.64. The van der Waals surface area contributed by atoms with E-state index in [2.05, 4.69) is 0 Å². The quantitative estimate of drug-likeness (QED) is 0.774. The van der Waals surface area contributed by atoms with Gasteiger partial charge in [-0.05, 0) is 33.2 Å². The fourth-order valence-electron chi connectivity index (χ4n) is 2.28. The van der Waals surface area contributed by atoms with Crippen molar-refractivity contribution in [3.05, 3.63) is 0 Å². The molecule has 1 aliphatic heterocycles. The molecule has 0 saturated carbocycles. The Morgan fingerprint density at radius 2 is 1.88 bits per heavy atom. The van der Waals surface area contributed by atoms with Crippen molar-refractivity contribution in [2.45, 2.75) is 45.2 Å². The van der Waals surface area contributed by atoms with Gasteiger partial charge in [0.25, 0.3) is 0 Å². The Labute approximate surface area is 102 Å². The molecule has 2 unspecified atom stereocenters. The average molecular weight is 242 g/mol. The molecular weight excluding hydrogens is 220 g/mol. The third kappa shape index (κ3) is 3.19. The Morgan fingerprint density at radius 3 is 2.29 bits per heavy atom. The molecular formula is C12H22N2O3. The molecule has 5 heteroatoms. The van der Waals surface area contributed by atoms with Crippen molar-refractivity contribution >= 4 is 11.9 Å². The summed E-state index contributed by atoms with van der Waals surface area (Å²) in [5.41, 5.74) is 0. The van der Waals surface area contributed by atoms with Crippen LogP contribution < -0.4 is 0 Å². The third-order valence-corrected chi connectivity index (χ3v) is 3.55. The van der Waals surface area contributed by atoms with Gasteiger partial charge in [0.2, 0.25) is 5.91 Å². The van der Waals surface area contributed by atoms with E-state index in [-0.39, 0.29) is 11.9 Å². The highest BCUT2D eigenvalue weighted by molar-refractivity contribution is 5.83. The van der Waals surface area contributed by atoms with Crippen LogP contribution in [0.25, 0.3) is 0 Å². The summed E-state index contributed by atoms with van der Waals surface area (Å²) in [5, 5.41) is 9.07. The highest BCUT2D eigenvalue weighted by Crippen LogP contribution is 2.14. The third-order valence-electron chi connectivity index (χ3n) is 3.55. The molecule has 17 heavy (non-hydrogen) atoms. The van der Waals surface area contributed by atoms with Crippen LogP contribution in [0.4, 0.5) is 0 Å². The van der Waals surface area contributed by atoms with Crippen LogP contribution in [0, 0.1) is 0 Å². The largest absolute Gasteiger partial charge is 0.480 e. The van der Waals surface area contributed by atoms with Crippen molar-refractivity contribution in [1.82, 2.24) is 9.80 Å². The summed E-state index contributed by atoms with van der Waals surface area (Å²) in [6.07, 6.45) is 2.61. The Hall–Kier alpha value is -1.10. The zero-order chi connectivity index (χ0) is 13.0. The van der Waals surface area contributed by atoms with Crippen LogP contribution in [-0.4, -0.2) is 59.0 Å². The van der Waals surface area contributed by atoms with Crippen molar-refractivity contribution in [1.29, 1.82) is 0 Å². The lowest BCUT2D eigenvalue weighted by molar-refractivity contribution is -0.146. The molecule has 0 aromatic heterocycles. The standard InChI is InChI=1S/C12H22N2O3/c1-4-10(12(16)17)13(3)9(2)11(15)14-7-5-6-8-14/h9-10H,4-8H2,1-3H3,(H,16,17).